The molecule has 0 aliphatic rings. The van der Waals surface area contributed by atoms with E-state index in [1.54, 1.807) is 0 Å². The Kier molecular flexibility index (Phi) is 3.92. The number of rotatable bonds is 3. The second kappa shape index (κ2) is 5.44. The molecule has 3 heteroatoms. The molecule has 2 aromatic carbocycles. The highest BCUT2D eigenvalue weighted by atomic mass is 79.9. The fourth-order valence-corrected chi connectivity index (χ4v) is 2.27. The number of halogens is 1. The third-order valence-electron chi connectivity index (χ3n) is 3.01. The summed E-state index contributed by atoms with van der Waals surface area (Å²) >= 11 is 3.44. The van der Waals surface area contributed by atoms with Gasteiger partial charge in [0.25, 0.3) is 0 Å². The van der Waals surface area contributed by atoms with Crippen molar-refractivity contribution < 1.29 is 4.74 Å². The van der Waals surface area contributed by atoms with Crippen LogP contribution >= 0.6 is 15.9 Å². The van der Waals surface area contributed by atoms with Crippen LogP contribution in [0.15, 0.2) is 40.9 Å². The number of aryl methyl sites for hydroxylation is 1. The first-order valence-corrected chi connectivity index (χ1v) is 6.60. The maximum Gasteiger partial charge on any atom is 0.122 e. The molecule has 0 radical (unpaired) electrons. The Hall–Kier alpha value is -1.48. The van der Waals surface area contributed by atoms with Crippen molar-refractivity contribution in [2.24, 2.45) is 0 Å². The Bertz CT molecular complexity index is 566. The molecule has 0 aliphatic carbocycles. The average Bonchev–Trinajstić information content (AvgIpc) is 2.33. The first-order chi connectivity index (χ1) is 8.58. The van der Waals surface area contributed by atoms with E-state index in [1.807, 2.05) is 50.2 Å². The molecule has 2 N–H and O–H groups in total. The molecule has 0 atom stereocenters. The van der Waals surface area contributed by atoms with Crippen molar-refractivity contribution in [3.8, 4) is 5.75 Å². The normalized spacial score (nSPS) is 10.4. The minimum atomic E-state index is 0.541. The fraction of sp³-hybridized carbons (Fsp3) is 0.200. The zero-order valence-electron chi connectivity index (χ0n) is 10.5. The van der Waals surface area contributed by atoms with Crippen LogP contribution in [0.4, 0.5) is 5.69 Å². The fourth-order valence-electron chi connectivity index (χ4n) is 1.79. The van der Waals surface area contributed by atoms with Gasteiger partial charge in [-0.3, -0.25) is 0 Å². The Morgan fingerprint density at radius 3 is 2.67 bits per heavy atom. The summed E-state index contributed by atoms with van der Waals surface area (Å²) in [5.74, 6) is 0.903. The molecule has 0 amide bonds. The van der Waals surface area contributed by atoms with Crippen LogP contribution in [0.2, 0.25) is 0 Å². The maximum absolute atomic E-state index is 5.88. The van der Waals surface area contributed by atoms with E-state index < -0.39 is 0 Å². The van der Waals surface area contributed by atoms with Crippen LogP contribution in [0.1, 0.15) is 16.7 Å². The zero-order chi connectivity index (χ0) is 13.1. The number of ether oxygens (including phenoxy) is 1. The van der Waals surface area contributed by atoms with Gasteiger partial charge in [-0.1, -0.05) is 28.1 Å². The summed E-state index contributed by atoms with van der Waals surface area (Å²) in [6.45, 7) is 4.59. The topological polar surface area (TPSA) is 35.2 Å². The summed E-state index contributed by atoms with van der Waals surface area (Å²) in [4.78, 5) is 0. The molecule has 0 spiro atoms. The summed E-state index contributed by atoms with van der Waals surface area (Å²) < 4.78 is 6.90. The lowest BCUT2D eigenvalue weighted by atomic mass is 10.1. The van der Waals surface area contributed by atoms with Crippen LogP contribution in [0.5, 0.6) is 5.75 Å². The monoisotopic (exact) mass is 305 g/mol. The van der Waals surface area contributed by atoms with Gasteiger partial charge in [-0.05, 0) is 54.8 Å². The molecule has 0 bridgehead atoms. The van der Waals surface area contributed by atoms with Gasteiger partial charge >= 0.3 is 0 Å². The molecule has 2 rings (SSSR count). The molecule has 2 nitrogen and oxygen atoms in total. The van der Waals surface area contributed by atoms with Gasteiger partial charge in [0.15, 0.2) is 0 Å². The summed E-state index contributed by atoms with van der Waals surface area (Å²) in [6, 6.07) is 11.9. The highest BCUT2D eigenvalue weighted by molar-refractivity contribution is 9.10. The van der Waals surface area contributed by atoms with Gasteiger partial charge < -0.3 is 10.5 Å². The number of anilines is 1. The first-order valence-electron chi connectivity index (χ1n) is 5.81. The Labute approximate surface area is 116 Å². The second-order valence-electron chi connectivity index (χ2n) is 4.33. The van der Waals surface area contributed by atoms with E-state index in [4.69, 9.17) is 10.5 Å². The number of nitrogen functional groups attached to an aromatic ring is 1. The first kappa shape index (κ1) is 13.0. The molecule has 0 fully saturated rings. The Morgan fingerprint density at radius 1 is 1.17 bits per heavy atom. The third kappa shape index (κ3) is 2.85. The van der Waals surface area contributed by atoms with E-state index in [0.29, 0.717) is 6.61 Å². The highest BCUT2D eigenvalue weighted by Gasteiger charge is 2.04. The van der Waals surface area contributed by atoms with Gasteiger partial charge in [-0.15, -0.1) is 0 Å². The van der Waals surface area contributed by atoms with E-state index in [1.165, 1.54) is 0 Å². The van der Waals surface area contributed by atoms with Crippen LogP contribution < -0.4 is 10.5 Å². The van der Waals surface area contributed by atoms with E-state index >= 15 is 0 Å². The lowest BCUT2D eigenvalue weighted by Crippen LogP contribution is -2.01. The third-order valence-corrected chi connectivity index (χ3v) is 3.50. The summed E-state index contributed by atoms with van der Waals surface area (Å²) in [5.41, 5.74) is 10.0. The minimum absolute atomic E-state index is 0.541. The highest BCUT2D eigenvalue weighted by Crippen LogP contribution is 2.24. The molecule has 0 aliphatic heterocycles. The van der Waals surface area contributed by atoms with Gasteiger partial charge in [-0.2, -0.15) is 0 Å². The molecule has 2 aromatic rings. The number of hydrogen-bond donors (Lipinski definition) is 1. The maximum atomic E-state index is 5.88. The average molecular weight is 306 g/mol. The molecule has 18 heavy (non-hydrogen) atoms. The van der Waals surface area contributed by atoms with Crippen LogP contribution in [0.25, 0.3) is 0 Å². The van der Waals surface area contributed by atoms with Gasteiger partial charge in [0.2, 0.25) is 0 Å². The summed E-state index contributed by atoms with van der Waals surface area (Å²) in [7, 11) is 0. The predicted molar refractivity (Wildman–Crippen MR) is 78.8 cm³/mol. The van der Waals surface area contributed by atoms with E-state index in [0.717, 1.165) is 32.6 Å². The quantitative estimate of drug-likeness (QED) is 0.861. The molecule has 94 valence electrons. The van der Waals surface area contributed by atoms with E-state index in [9.17, 15) is 0 Å². The van der Waals surface area contributed by atoms with Crippen molar-refractivity contribution in [3.05, 3.63) is 57.6 Å². The molecule has 0 unspecified atom stereocenters. The second-order valence-corrected chi connectivity index (χ2v) is 5.25. The van der Waals surface area contributed by atoms with Crippen molar-refractivity contribution >= 4 is 21.6 Å². The van der Waals surface area contributed by atoms with Crippen LogP contribution in [-0.2, 0) is 6.61 Å². The van der Waals surface area contributed by atoms with Gasteiger partial charge in [0.1, 0.15) is 12.4 Å². The standard InChI is InChI=1S/C15H16BrNO/c1-10-8-13(16)6-7-15(10)18-9-12-4-3-5-14(17)11(12)2/h3-8H,9,17H2,1-2H3. The Balaban J connectivity index is 2.14. The van der Waals surface area contributed by atoms with Crippen LogP contribution in [-0.4, -0.2) is 0 Å². The van der Waals surface area contributed by atoms with Crippen LogP contribution in [0.3, 0.4) is 0 Å². The molecular weight excluding hydrogens is 290 g/mol. The van der Waals surface area contributed by atoms with Crippen molar-refractivity contribution in [1.29, 1.82) is 0 Å². The van der Waals surface area contributed by atoms with Crippen molar-refractivity contribution in [1.82, 2.24) is 0 Å². The lowest BCUT2D eigenvalue weighted by Gasteiger charge is -2.12. The van der Waals surface area contributed by atoms with E-state index in [2.05, 4.69) is 15.9 Å². The Morgan fingerprint density at radius 2 is 1.94 bits per heavy atom. The summed E-state index contributed by atoms with van der Waals surface area (Å²) in [6.07, 6.45) is 0. The van der Waals surface area contributed by atoms with Gasteiger partial charge in [-0.25, -0.2) is 0 Å². The summed E-state index contributed by atoms with van der Waals surface area (Å²) in [5, 5.41) is 0. The number of benzene rings is 2. The lowest BCUT2D eigenvalue weighted by molar-refractivity contribution is 0.303. The minimum Gasteiger partial charge on any atom is -0.489 e. The molecule has 0 heterocycles. The largest absolute Gasteiger partial charge is 0.489 e. The van der Waals surface area contributed by atoms with Crippen molar-refractivity contribution in [3.63, 3.8) is 0 Å². The molecule has 0 aromatic heterocycles. The number of hydrogen-bond acceptors (Lipinski definition) is 2. The molecule has 0 saturated carbocycles. The van der Waals surface area contributed by atoms with E-state index in [-0.39, 0.29) is 0 Å². The number of nitrogens with two attached hydrogens (primary N) is 1. The van der Waals surface area contributed by atoms with Crippen molar-refractivity contribution in [2.45, 2.75) is 20.5 Å². The molecule has 0 saturated heterocycles. The molecular formula is C15H16BrNO. The SMILES string of the molecule is Cc1cc(Br)ccc1OCc1cccc(N)c1C. The van der Waals surface area contributed by atoms with Crippen LogP contribution in [0, 0.1) is 13.8 Å². The van der Waals surface area contributed by atoms with Gasteiger partial charge in [0.05, 0.1) is 0 Å². The van der Waals surface area contributed by atoms with Gasteiger partial charge in [0, 0.05) is 10.2 Å². The zero-order valence-corrected chi connectivity index (χ0v) is 12.1. The smallest absolute Gasteiger partial charge is 0.122 e. The van der Waals surface area contributed by atoms with Crippen molar-refractivity contribution in [2.75, 3.05) is 5.73 Å². The predicted octanol–water partition coefficient (Wildman–Crippen LogP) is 4.23.